The lowest BCUT2D eigenvalue weighted by atomic mass is 10.0. The maximum atomic E-state index is 6.02. The van der Waals surface area contributed by atoms with Crippen LogP contribution >= 0.6 is 0 Å². The highest BCUT2D eigenvalue weighted by molar-refractivity contribution is 5.80. The predicted octanol–water partition coefficient (Wildman–Crippen LogP) is 1.07. The summed E-state index contributed by atoms with van der Waals surface area (Å²) in [6.45, 7) is 3.22. The van der Waals surface area contributed by atoms with Gasteiger partial charge >= 0.3 is 0 Å². The number of rotatable bonds is 6. The SMILES string of the molecule is COCc1cccc(C2CN=C(N)N2CCN(C)C)c1. The zero-order chi connectivity index (χ0) is 14.5. The molecule has 1 atom stereocenters. The number of benzene rings is 1. The van der Waals surface area contributed by atoms with Crippen molar-refractivity contribution in [3.8, 4) is 0 Å². The fraction of sp³-hybridized carbons (Fsp3) is 0.533. The van der Waals surface area contributed by atoms with Gasteiger partial charge < -0.3 is 20.3 Å². The average molecular weight is 276 g/mol. The van der Waals surface area contributed by atoms with Crippen LogP contribution in [0.2, 0.25) is 0 Å². The number of aliphatic imine (C=N–C) groups is 1. The minimum absolute atomic E-state index is 0.242. The molecule has 1 aromatic rings. The summed E-state index contributed by atoms with van der Waals surface area (Å²) in [5.74, 6) is 0.647. The lowest BCUT2D eigenvalue weighted by Gasteiger charge is -2.28. The number of likely N-dealkylation sites (N-methyl/N-ethyl adjacent to an activating group) is 1. The van der Waals surface area contributed by atoms with E-state index in [2.05, 4.69) is 53.2 Å². The Hall–Kier alpha value is -1.59. The van der Waals surface area contributed by atoms with Gasteiger partial charge in [0.15, 0.2) is 5.96 Å². The predicted molar refractivity (Wildman–Crippen MR) is 81.6 cm³/mol. The van der Waals surface area contributed by atoms with Gasteiger partial charge in [0.2, 0.25) is 0 Å². The van der Waals surface area contributed by atoms with Crippen LogP contribution in [-0.4, -0.2) is 56.6 Å². The molecule has 1 aliphatic heterocycles. The van der Waals surface area contributed by atoms with Crippen LogP contribution in [0.4, 0.5) is 0 Å². The molecular weight excluding hydrogens is 252 g/mol. The molecule has 1 aromatic carbocycles. The van der Waals surface area contributed by atoms with E-state index in [1.807, 2.05) is 0 Å². The van der Waals surface area contributed by atoms with Crippen LogP contribution in [0.15, 0.2) is 29.3 Å². The minimum Gasteiger partial charge on any atom is -0.380 e. The minimum atomic E-state index is 0.242. The Morgan fingerprint density at radius 3 is 2.95 bits per heavy atom. The fourth-order valence-electron chi connectivity index (χ4n) is 2.45. The third-order valence-electron chi connectivity index (χ3n) is 3.53. The van der Waals surface area contributed by atoms with E-state index in [1.54, 1.807) is 7.11 Å². The molecule has 1 unspecified atom stereocenters. The lowest BCUT2D eigenvalue weighted by Crippen LogP contribution is -2.40. The largest absolute Gasteiger partial charge is 0.380 e. The first kappa shape index (κ1) is 14.8. The molecule has 2 N–H and O–H groups in total. The molecule has 1 heterocycles. The van der Waals surface area contributed by atoms with Gasteiger partial charge in [0.05, 0.1) is 19.2 Å². The van der Waals surface area contributed by atoms with Gasteiger partial charge in [-0.25, -0.2) is 0 Å². The second-order valence-electron chi connectivity index (χ2n) is 5.39. The first-order valence-electron chi connectivity index (χ1n) is 6.91. The van der Waals surface area contributed by atoms with Gasteiger partial charge in [-0.05, 0) is 25.2 Å². The molecule has 0 bridgehead atoms. The Balaban J connectivity index is 2.12. The smallest absolute Gasteiger partial charge is 0.191 e. The highest BCUT2D eigenvalue weighted by Crippen LogP contribution is 2.26. The van der Waals surface area contributed by atoms with Gasteiger partial charge in [-0.1, -0.05) is 24.3 Å². The Labute approximate surface area is 121 Å². The first-order chi connectivity index (χ1) is 9.61. The molecule has 1 aliphatic rings. The van der Waals surface area contributed by atoms with Crippen molar-refractivity contribution in [2.45, 2.75) is 12.6 Å². The number of guanidine groups is 1. The second kappa shape index (κ2) is 6.72. The Morgan fingerprint density at radius 2 is 2.25 bits per heavy atom. The van der Waals surface area contributed by atoms with Crippen molar-refractivity contribution in [3.05, 3.63) is 35.4 Å². The summed E-state index contributed by atoms with van der Waals surface area (Å²) in [4.78, 5) is 8.74. The van der Waals surface area contributed by atoms with E-state index in [0.717, 1.165) is 19.6 Å². The summed E-state index contributed by atoms with van der Waals surface area (Å²) in [5, 5.41) is 0. The molecule has 2 rings (SSSR count). The quantitative estimate of drug-likeness (QED) is 0.844. The van der Waals surface area contributed by atoms with Crippen molar-refractivity contribution in [1.82, 2.24) is 9.80 Å². The second-order valence-corrected chi connectivity index (χ2v) is 5.39. The third-order valence-corrected chi connectivity index (χ3v) is 3.53. The van der Waals surface area contributed by atoms with Gasteiger partial charge in [-0.3, -0.25) is 4.99 Å². The zero-order valence-electron chi connectivity index (χ0n) is 12.5. The molecule has 110 valence electrons. The van der Waals surface area contributed by atoms with Gasteiger partial charge in [0.1, 0.15) is 0 Å². The Kier molecular flexibility index (Phi) is 4.98. The first-order valence-corrected chi connectivity index (χ1v) is 6.91. The average Bonchev–Trinajstić information content (AvgIpc) is 2.78. The number of methoxy groups -OCH3 is 1. The highest BCUT2D eigenvalue weighted by Gasteiger charge is 2.27. The van der Waals surface area contributed by atoms with Gasteiger partial charge in [0.25, 0.3) is 0 Å². The molecule has 5 nitrogen and oxygen atoms in total. The summed E-state index contributed by atoms with van der Waals surface area (Å²) in [5.41, 5.74) is 8.46. The molecule has 0 aliphatic carbocycles. The standard InChI is InChI=1S/C15H24N4O/c1-18(2)7-8-19-14(10-17-15(19)16)13-6-4-5-12(9-13)11-20-3/h4-6,9,14H,7-8,10-11H2,1-3H3,(H2,16,17). The molecule has 0 saturated carbocycles. The van der Waals surface area contributed by atoms with Gasteiger partial charge in [0, 0.05) is 20.2 Å². The third kappa shape index (κ3) is 3.49. The van der Waals surface area contributed by atoms with Crippen LogP contribution < -0.4 is 5.73 Å². The van der Waals surface area contributed by atoms with Gasteiger partial charge in [-0.2, -0.15) is 0 Å². The van der Waals surface area contributed by atoms with Crippen LogP contribution in [-0.2, 0) is 11.3 Å². The number of nitrogens with two attached hydrogens (primary N) is 1. The molecular formula is C15H24N4O. The monoisotopic (exact) mass is 276 g/mol. The summed E-state index contributed by atoms with van der Waals surface area (Å²) in [6.07, 6.45) is 0. The molecule has 0 aromatic heterocycles. The van der Waals surface area contributed by atoms with Crippen molar-refractivity contribution in [3.63, 3.8) is 0 Å². The van der Waals surface area contributed by atoms with E-state index in [1.165, 1.54) is 11.1 Å². The van der Waals surface area contributed by atoms with Crippen LogP contribution in [0.25, 0.3) is 0 Å². The molecule has 20 heavy (non-hydrogen) atoms. The van der Waals surface area contributed by atoms with Crippen molar-refractivity contribution in [1.29, 1.82) is 0 Å². The number of ether oxygens (including phenoxy) is 1. The zero-order valence-corrected chi connectivity index (χ0v) is 12.5. The van der Waals surface area contributed by atoms with E-state index in [9.17, 15) is 0 Å². The topological polar surface area (TPSA) is 54.1 Å². The van der Waals surface area contributed by atoms with Crippen molar-refractivity contribution in [2.75, 3.05) is 40.8 Å². The van der Waals surface area contributed by atoms with Crippen LogP contribution in [0, 0.1) is 0 Å². The van der Waals surface area contributed by atoms with Gasteiger partial charge in [-0.15, -0.1) is 0 Å². The summed E-state index contributed by atoms with van der Waals surface area (Å²) < 4.78 is 5.20. The number of hydrogen-bond acceptors (Lipinski definition) is 5. The number of hydrogen-bond donors (Lipinski definition) is 1. The summed E-state index contributed by atoms with van der Waals surface area (Å²) >= 11 is 0. The molecule has 5 heteroatoms. The van der Waals surface area contributed by atoms with E-state index in [0.29, 0.717) is 12.6 Å². The molecule has 0 saturated heterocycles. The van der Waals surface area contributed by atoms with E-state index in [-0.39, 0.29) is 6.04 Å². The van der Waals surface area contributed by atoms with Crippen molar-refractivity contribution < 1.29 is 4.74 Å². The molecule has 0 spiro atoms. The summed E-state index contributed by atoms with van der Waals surface area (Å²) in [6, 6.07) is 8.72. The number of nitrogens with zero attached hydrogens (tertiary/aromatic N) is 3. The van der Waals surface area contributed by atoms with Crippen LogP contribution in [0.1, 0.15) is 17.2 Å². The Bertz CT molecular complexity index is 473. The highest BCUT2D eigenvalue weighted by atomic mass is 16.5. The van der Waals surface area contributed by atoms with Crippen molar-refractivity contribution >= 4 is 5.96 Å². The Morgan fingerprint density at radius 1 is 1.45 bits per heavy atom. The summed E-state index contributed by atoms with van der Waals surface area (Å²) in [7, 11) is 5.85. The maximum Gasteiger partial charge on any atom is 0.191 e. The maximum absolute atomic E-state index is 6.02. The van der Waals surface area contributed by atoms with Crippen LogP contribution in [0.5, 0.6) is 0 Å². The molecule has 0 fully saturated rings. The molecule has 0 amide bonds. The van der Waals surface area contributed by atoms with E-state index in [4.69, 9.17) is 10.5 Å². The normalized spacial score (nSPS) is 18.7. The van der Waals surface area contributed by atoms with E-state index < -0.39 is 0 Å². The lowest BCUT2D eigenvalue weighted by molar-refractivity contribution is 0.184. The van der Waals surface area contributed by atoms with E-state index >= 15 is 0 Å². The van der Waals surface area contributed by atoms with Crippen LogP contribution in [0.3, 0.4) is 0 Å². The van der Waals surface area contributed by atoms with Crippen molar-refractivity contribution in [2.24, 2.45) is 10.7 Å². The molecule has 0 radical (unpaired) electrons. The fourth-order valence-corrected chi connectivity index (χ4v) is 2.45.